The Morgan fingerprint density at radius 1 is 1.44 bits per heavy atom. The molecule has 1 amide bonds. The minimum absolute atomic E-state index is 0.115. The van der Waals surface area contributed by atoms with E-state index in [-0.39, 0.29) is 5.91 Å². The molecule has 2 aromatic rings. The van der Waals surface area contributed by atoms with Crippen molar-refractivity contribution in [2.75, 3.05) is 11.1 Å². The molecular weight excluding hydrogens is 222 g/mol. The van der Waals surface area contributed by atoms with E-state index in [4.69, 9.17) is 5.73 Å². The van der Waals surface area contributed by atoms with Crippen LogP contribution in [-0.4, -0.2) is 10.9 Å². The van der Waals surface area contributed by atoms with Gasteiger partial charge >= 0.3 is 0 Å². The molecule has 0 aliphatic heterocycles. The molecule has 16 heavy (non-hydrogen) atoms. The third-order valence-corrected chi connectivity index (χ3v) is 2.78. The molecule has 5 heteroatoms. The Bertz CT molecular complexity index is 508. The maximum absolute atomic E-state index is 11.0. The van der Waals surface area contributed by atoms with Crippen LogP contribution in [0.25, 0.3) is 10.6 Å². The number of thiazole rings is 1. The highest BCUT2D eigenvalue weighted by Gasteiger charge is 2.04. The topological polar surface area (TPSA) is 68.0 Å². The number of carbonyl (C=O) groups is 1. The maximum Gasteiger partial charge on any atom is 0.221 e. The Labute approximate surface area is 97.1 Å². The molecule has 0 radical (unpaired) electrons. The quantitative estimate of drug-likeness (QED) is 0.782. The highest BCUT2D eigenvalue weighted by Crippen LogP contribution is 2.27. The summed E-state index contributed by atoms with van der Waals surface area (Å²) in [5, 5.41) is 5.49. The molecule has 0 unspecified atom stereocenters. The number of rotatable bonds is 2. The van der Waals surface area contributed by atoms with Crippen molar-refractivity contribution in [3.63, 3.8) is 0 Å². The first-order chi connectivity index (χ1) is 7.65. The van der Waals surface area contributed by atoms with Crippen LogP contribution >= 0.6 is 11.3 Å². The second kappa shape index (κ2) is 4.32. The highest BCUT2D eigenvalue weighted by molar-refractivity contribution is 7.13. The summed E-state index contributed by atoms with van der Waals surface area (Å²) >= 11 is 1.53. The zero-order valence-corrected chi connectivity index (χ0v) is 9.54. The van der Waals surface area contributed by atoms with Gasteiger partial charge in [-0.15, -0.1) is 11.3 Å². The molecule has 1 aromatic carbocycles. The number of nitrogens with two attached hydrogens (primary N) is 1. The van der Waals surface area contributed by atoms with Crippen LogP contribution in [0.5, 0.6) is 0 Å². The Hall–Kier alpha value is -1.88. The molecule has 0 atom stereocenters. The van der Waals surface area contributed by atoms with Crippen molar-refractivity contribution in [1.82, 2.24) is 4.98 Å². The van der Waals surface area contributed by atoms with Gasteiger partial charge in [0.1, 0.15) is 5.01 Å². The first-order valence-electron chi connectivity index (χ1n) is 4.73. The Morgan fingerprint density at radius 2 is 2.25 bits per heavy atom. The predicted molar refractivity (Wildman–Crippen MR) is 66.3 cm³/mol. The molecule has 1 heterocycles. The standard InChI is InChI=1S/C11H11N3OS/c1-7(15)14-10-5-8(4-9(12)6-10)11-13-2-3-16-11/h2-6H,12H2,1H3,(H,14,15). The number of hydrogen-bond acceptors (Lipinski definition) is 4. The van der Waals surface area contributed by atoms with Gasteiger partial charge in [0.2, 0.25) is 5.91 Å². The minimum atomic E-state index is -0.115. The SMILES string of the molecule is CC(=O)Nc1cc(N)cc(-c2nccs2)c1. The van der Waals surface area contributed by atoms with E-state index in [1.54, 1.807) is 12.3 Å². The smallest absolute Gasteiger partial charge is 0.221 e. The van der Waals surface area contributed by atoms with Gasteiger partial charge in [-0.2, -0.15) is 0 Å². The first kappa shape index (κ1) is 10.6. The summed E-state index contributed by atoms with van der Waals surface area (Å²) in [6.45, 7) is 1.46. The number of amides is 1. The predicted octanol–water partition coefficient (Wildman–Crippen LogP) is 2.35. The molecule has 0 bridgehead atoms. The average molecular weight is 233 g/mol. The second-order valence-electron chi connectivity index (χ2n) is 3.36. The van der Waals surface area contributed by atoms with Gasteiger partial charge < -0.3 is 11.1 Å². The number of hydrogen-bond donors (Lipinski definition) is 2. The van der Waals surface area contributed by atoms with Crippen molar-refractivity contribution >= 4 is 28.6 Å². The van der Waals surface area contributed by atoms with Gasteiger partial charge in [-0.05, 0) is 18.2 Å². The first-order valence-corrected chi connectivity index (χ1v) is 5.61. The fourth-order valence-corrected chi connectivity index (χ4v) is 2.04. The summed E-state index contributed by atoms with van der Waals surface area (Å²) in [5.74, 6) is -0.115. The van der Waals surface area contributed by atoms with Gasteiger partial charge in [0.25, 0.3) is 0 Å². The molecular formula is C11H11N3OS. The van der Waals surface area contributed by atoms with Gasteiger partial charge in [0.05, 0.1) is 0 Å². The van der Waals surface area contributed by atoms with E-state index in [2.05, 4.69) is 10.3 Å². The van der Waals surface area contributed by atoms with Crippen molar-refractivity contribution in [2.24, 2.45) is 0 Å². The van der Waals surface area contributed by atoms with Crippen LogP contribution in [0, 0.1) is 0 Å². The second-order valence-corrected chi connectivity index (χ2v) is 4.26. The van der Waals surface area contributed by atoms with E-state index in [0.717, 1.165) is 10.6 Å². The van der Waals surface area contributed by atoms with Gasteiger partial charge in [-0.25, -0.2) is 4.98 Å². The van der Waals surface area contributed by atoms with E-state index >= 15 is 0 Å². The number of anilines is 2. The van der Waals surface area contributed by atoms with Crippen molar-refractivity contribution in [1.29, 1.82) is 0 Å². The molecule has 0 fully saturated rings. The summed E-state index contributed by atoms with van der Waals surface area (Å²) < 4.78 is 0. The molecule has 4 nitrogen and oxygen atoms in total. The summed E-state index contributed by atoms with van der Waals surface area (Å²) in [4.78, 5) is 15.2. The largest absolute Gasteiger partial charge is 0.399 e. The Balaban J connectivity index is 2.40. The van der Waals surface area contributed by atoms with E-state index in [1.807, 2.05) is 17.5 Å². The van der Waals surface area contributed by atoms with E-state index in [0.29, 0.717) is 11.4 Å². The number of carbonyl (C=O) groups excluding carboxylic acids is 1. The van der Waals surface area contributed by atoms with Gasteiger partial charge in [0.15, 0.2) is 0 Å². The van der Waals surface area contributed by atoms with E-state index < -0.39 is 0 Å². The molecule has 3 N–H and O–H groups in total. The van der Waals surface area contributed by atoms with Crippen LogP contribution in [0.3, 0.4) is 0 Å². The number of benzene rings is 1. The van der Waals surface area contributed by atoms with Gasteiger partial charge in [-0.1, -0.05) is 0 Å². The maximum atomic E-state index is 11.0. The average Bonchev–Trinajstić information content (AvgIpc) is 2.67. The van der Waals surface area contributed by atoms with Crippen molar-refractivity contribution in [2.45, 2.75) is 6.92 Å². The fourth-order valence-electron chi connectivity index (χ4n) is 1.42. The van der Waals surface area contributed by atoms with Crippen LogP contribution in [0.15, 0.2) is 29.8 Å². The van der Waals surface area contributed by atoms with Crippen LogP contribution in [-0.2, 0) is 4.79 Å². The summed E-state index contributed by atoms with van der Waals surface area (Å²) in [5.41, 5.74) is 7.98. The number of aromatic nitrogens is 1. The molecule has 0 saturated carbocycles. The lowest BCUT2D eigenvalue weighted by Gasteiger charge is -2.05. The normalized spacial score (nSPS) is 10.1. The summed E-state index contributed by atoms with van der Waals surface area (Å²) in [6.07, 6.45) is 1.74. The zero-order valence-electron chi connectivity index (χ0n) is 8.73. The van der Waals surface area contributed by atoms with Crippen LogP contribution in [0.4, 0.5) is 11.4 Å². The third kappa shape index (κ3) is 2.38. The lowest BCUT2D eigenvalue weighted by Crippen LogP contribution is -2.06. The van der Waals surface area contributed by atoms with Crippen LogP contribution < -0.4 is 11.1 Å². The van der Waals surface area contributed by atoms with Gasteiger partial charge in [-0.3, -0.25) is 4.79 Å². The van der Waals surface area contributed by atoms with Crippen molar-refractivity contribution in [3.8, 4) is 10.6 Å². The van der Waals surface area contributed by atoms with Crippen molar-refractivity contribution < 1.29 is 4.79 Å². The van der Waals surface area contributed by atoms with Crippen LogP contribution in [0.2, 0.25) is 0 Å². The monoisotopic (exact) mass is 233 g/mol. The number of nitrogen functional groups attached to an aromatic ring is 1. The number of nitrogens with one attached hydrogen (secondary N) is 1. The van der Waals surface area contributed by atoms with Gasteiger partial charge in [0, 0.05) is 35.4 Å². The van der Waals surface area contributed by atoms with E-state index in [9.17, 15) is 4.79 Å². The minimum Gasteiger partial charge on any atom is -0.399 e. The van der Waals surface area contributed by atoms with E-state index in [1.165, 1.54) is 18.3 Å². The summed E-state index contributed by atoms with van der Waals surface area (Å²) in [6, 6.07) is 5.42. The lowest BCUT2D eigenvalue weighted by molar-refractivity contribution is -0.114. The Morgan fingerprint density at radius 3 is 2.88 bits per heavy atom. The molecule has 0 spiro atoms. The fraction of sp³-hybridized carbons (Fsp3) is 0.0909. The molecule has 1 aromatic heterocycles. The van der Waals surface area contributed by atoms with Crippen molar-refractivity contribution in [3.05, 3.63) is 29.8 Å². The molecule has 0 aliphatic carbocycles. The van der Waals surface area contributed by atoms with Crippen LogP contribution in [0.1, 0.15) is 6.92 Å². The molecule has 82 valence electrons. The number of nitrogens with zero attached hydrogens (tertiary/aromatic N) is 1. The molecule has 0 saturated heterocycles. The molecule has 0 aliphatic rings. The Kier molecular flexibility index (Phi) is 2.87. The highest BCUT2D eigenvalue weighted by atomic mass is 32.1. The third-order valence-electron chi connectivity index (χ3n) is 1.95. The lowest BCUT2D eigenvalue weighted by atomic mass is 10.2. The summed E-state index contributed by atoms with van der Waals surface area (Å²) in [7, 11) is 0. The zero-order chi connectivity index (χ0) is 11.5. The molecule has 2 rings (SSSR count).